The first-order valence-corrected chi connectivity index (χ1v) is 6.66. The Labute approximate surface area is 110 Å². The number of hydrogen-bond acceptors (Lipinski definition) is 2. The van der Waals surface area contributed by atoms with E-state index in [0.29, 0.717) is 17.4 Å². The lowest BCUT2D eigenvalue weighted by atomic mass is 10.0. The molecule has 1 rings (SSSR count). The van der Waals surface area contributed by atoms with Gasteiger partial charge in [-0.1, -0.05) is 22.0 Å². The highest BCUT2D eigenvalue weighted by Crippen LogP contribution is 2.18. The predicted molar refractivity (Wildman–Crippen MR) is 73.6 cm³/mol. The molecule has 1 aromatic rings. The zero-order valence-electron chi connectivity index (χ0n) is 10.4. The van der Waals surface area contributed by atoms with Gasteiger partial charge in [-0.2, -0.15) is 0 Å². The van der Waals surface area contributed by atoms with Crippen molar-refractivity contribution in [2.24, 2.45) is 0 Å². The van der Waals surface area contributed by atoms with E-state index in [9.17, 15) is 9.90 Å². The van der Waals surface area contributed by atoms with Gasteiger partial charge < -0.3 is 10.4 Å². The van der Waals surface area contributed by atoms with Crippen molar-refractivity contribution >= 4 is 27.5 Å². The molecule has 0 bridgehead atoms. The summed E-state index contributed by atoms with van der Waals surface area (Å²) in [5.74, 6) is -0.375. The summed E-state index contributed by atoms with van der Waals surface area (Å²) in [5, 5.41) is 13.2. The van der Waals surface area contributed by atoms with Crippen LogP contribution in [0.4, 0.5) is 5.69 Å². The third kappa shape index (κ3) is 3.82. The van der Waals surface area contributed by atoms with Crippen molar-refractivity contribution in [1.82, 2.24) is 0 Å². The largest absolute Gasteiger partial charge is 0.380 e. The van der Waals surface area contributed by atoms with Crippen LogP contribution in [0.1, 0.15) is 24.5 Å². The van der Waals surface area contributed by atoms with Gasteiger partial charge in [-0.25, -0.2) is 0 Å². The number of aliphatic hydroxyl groups is 1. The van der Waals surface area contributed by atoms with Gasteiger partial charge >= 0.3 is 0 Å². The molecule has 0 aliphatic rings. The molecule has 0 fully saturated rings. The maximum atomic E-state index is 11.8. The van der Waals surface area contributed by atoms with Crippen molar-refractivity contribution in [3.05, 3.63) is 29.3 Å². The fourth-order valence-electron chi connectivity index (χ4n) is 1.38. The monoisotopic (exact) mass is 302 g/mol. The molecule has 0 saturated heterocycles. The van der Waals surface area contributed by atoms with E-state index in [-0.39, 0.29) is 5.91 Å². The van der Waals surface area contributed by atoms with Gasteiger partial charge in [-0.3, -0.25) is 4.79 Å². The molecule has 2 N–H and O–H groups in total. The minimum absolute atomic E-state index is 0.375. The zero-order valence-corrected chi connectivity index (χ0v) is 12.0. The van der Waals surface area contributed by atoms with E-state index in [4.69, 9.17) is 0 Å². The van der Waals surface area contributed by atoms with Gasteiger partial charge in [0.1, 0.15) is 5.60 Å². The first kappa shape index (κ1) is 14.2. The Balaban J connectivity index is 2.77. The number of benzene rings is 1. The van der Waals surface area contributed by atoms with Crippen LogP contribution in [-0.2, 0) is 4.79 Å². The van der Waals surface area contributed by atoms with Crippen LogP contribution in [-0.4, -0.2) is 21.9 Å². The van der Waals surface area contributed by atoms with Crippen LogP contribution in [0.15, 0.2) is 18.2 Å². The minimum atomic E-state index is -1.34. The number of carbonyl (C=O) groups is 1. The maximum absolute atomic E-state index is 11.8. The van der Waals surface area contributed by atoms with Crippen LogP contribution >= 0.6 is 15.9 Å². The Morgan fingerprint density at radius 3 is 2.59 bits per heavy atom. The SMILES string of the molecule is Cc1ccc(NC(=O)[C@@](C)(O)CC[82Br])cc1C. The van der Waals surface area contributed by atoms with Crippen LogP contribution in [0.3, 0.4) is 0 Å². The average molecular weight is 302 g/mol. The fourth-order valence-corrected chi connectivity index (χ4v) is 2.15. The van der Waals surface area contributed by atoms with E-state index in [2.05, 4.69) is 21.2 Å². The molecule has 3 nitrogen and oxygen atoms in total. The molecule has 17 heavy (non-hydrogen) atoms. The third-order valence-electron chi connectivity index (χ3n) is 2.84. The molecule has 0 unspecified atom stereocenters. The van der Waals surface area contributed by atoms with Crippen LogP contribution in [0, 0.1) is 13.8 Å². The summed E-state index contributed by atoms with van der Waals surface area (Å²) in [7, 11) is 0. The van der Waals surface area contributed by atoms with Crippen LogP contribution in [0.25, 0.3) is 0 Å². The lowest BCUT2D eigenvalue weighted by molar-refractivity contribution is -0.132. The Kier molecular flexibility index (Phi) is 4.71. The predicted octanol–water partition coefficient (Wildman–Crippen LogP) is 2.78. The summed E-state index contributed by atoms with van der Waals surface area (Å²) in [6, 6.07) is 5.69. The highest BCUT2D eigenvalue weighted by molar-refractivity contribution is 9.09. The Morgan fingerprint density at radius 2 is 2.06 bits per heavy atom. The van der Waals surface area contributed by atoms with Gasteiger partial charge in [0.05, 0.1) is 0 Å². The Morgan fingerprint density at radius 1 is 1.41 bits per heavy atom. The molecule has 94 valence electrons. The Bertz CT molecular complexity index is 416. The molecular formula is C13H18BrNO2. The summed E-state index contributed by atoms with van der Waals surface area (Å²) in [6.07, 6.45) is 0.379. The number of rotatable bonds is 4. The fraction of sp³-hybridized carbons (Fsp3) is 0.462. The summed E-state index contributed by atoms with van der Waals surface area (Å²) in [5.41, 5.74) is 1.66. The topological polar surface area (TPSA) is 49.3 Å². The average Bonchev–Trinajstić information content (AvgIpc) is 2.23. The van der Waals surface area contributed by atoms with E-state index in [1.807, 2.05) is 32.0 Å². The molecular weight excluding hydrogens is 284 g/mol. The number of aryl methyl sites for hydroxylation is 2. The molecule has 0 aliphatic heterocycles. The summed E-state index contributed by atoms with van der Waals surface area (Å²) in [4.78, 5) is 11.8. The number of anilines is 1. The van der Waals surface area contributed by atoms with Crippen molar-refractivity contribution in [2.75, 3.05) is 10.6 Å². The van der Waals surface area contributed by atoms with E-state index >= 15 is 0 Å². The van der Waals surface area contributed by atoms with Crippen LogP contribution in [0.5, 0.6) is 0 Å². The summed E-state index contributed by atoms with van der Waals surface area (Å²) in [6.45, 7) is 5.52. The molecule has 1 atom stereocenters. The highest BCUT2D eigenvalue weighted by atomic mass is 81.9. The number of carbonyl (C=O) groups excluding carboxylic acids is 1. The highest BCUT2D eigenvalue weighted by Gasteiger charge is 2.29. The molecule has 0 spiro atoms. The smallest absolute Gasteiger partial charge is 0.256 e. The van der Waals surface area contributed by atoms with Crippen molar-refractivity contribution < 1.29 is 9.90 Å². The molecule has 4 heteroatoms. The van der Waals surface area contributed by atoms with E-state index in [1.54, 1.807) is 0 Å². The number of halogens is 1. The molecule has 1 amide bonds. The lowest BCUT2D eigenvalue weighted by Gasteiger charge is -2.21. The van der Waals surface area contributed by atoms with Crippen molar-refractivity contribution in [3.8, 4) is 0 Å². The molecule has 0 heterocycles. The van der Waals surface area contributed by atoms with Crippen molar-refractivity contribution in [2.45, 2.75) is 32.8 Å². The second-order valence-electron chi connectivity index (χ2n) is 4.47. The van der Waals surface area contributed by atoms with Crippen molar-refractivity contribution in [3.63, 3.8) is 0 Å². The van der Waals surface area contributed by atoms with Crippen LogP contribution < -0.4 is 5.32 Å². The molecule has 0 saturated carbocycles. The maximum Gasteiger partial charge on any atom is 0.256 e. The zero-order chi connectivity index (χ0) is 13.1. The molecule has 1 aromatic carbocycles. The molecule has 0 aliphatic carbocycles. The van der Waals surface area contributed by atoms with E-state index in [1.165, 1.54) is 12.5 Å². The van der Waals surface area contributed by atoms with Crippen molar-refractivity contribution in [1.29, 1.82) is 0 Å². The van der Waals surface area contributed by atoms with Gasteiger partial charge in [0.25, 0.3) is 5.91 Å². The second-order valence-corrected chi connectivity index (χ2v) is 5.26. The van der Waals surface area contributed by atoms with E-state index < -0.39 is 5.60 Å². The third-order valence-corrected chi connectivity index (χ3v) is 3.23. The van der Waals surface area contributed by atoms with Gasteiger partial charge in [0.15, 0.2) is 0 Å². The molecule has 0 aromatic heterocycles. The van der Waals surface area contributed by atoms with Gasteiger partial charge in [0.2, 0.25) is 0 Å². The van der Waals surface area contributed by atoms with E-state index in [0.717, 1.165) is 5.56 Å². The molecule has 0 radical (unpaired) electrons. The van der Waals surface area contributed by atoms with Gasteiger partial charge in [0, 0.05) is 11.0 Å². The van der Waals surface area contributed by atoms with Gasteiger partial charge in [-0.05, 0) is 50.5 Å². The summed E-state index contributed by atoms with van der Waals surface area (Å²) >= 11 is 3.22. The standard InChI is InChI=1S/C13H18BrNO2/c1-9-4-5-11(8-10(9)2)15-12(16)13(3,17)6-7-14/h4-5,8,17H,6-7H2,1-3H3,(H,15,16)/t13-/m0/s1/i14+2. The second kappa shape index (κ2) is 5.65. The van der Waals surface area contributed by atoms with Gasteiger partial charge in [-0.15, -0.1) is 0 Å². The first-order chi connectivity index (χ1) is 7.86. The Hall–Kier alpha value is -0.870. The quantitative estimate of drug-likeness (QED) is 0.840. The minimum Gasteiger partial charge on any atom is -0.380 e. The summed E-state index contributed by atoms with van der Waals surface area (Å²) < 4.78 is 0. The lowest BCUT2D eigenvalue weighted by Crippen LogP contribution is -2.40. The number of hydrogen-bond donors (Lipinski definition) is 2. The number of alkyl halides is 1. The number of amides is 1. The first-order valence-electron chi connectivity index (χ1n) is 5.54. The number of nitrogens with one attached hydrogen (secondary N) is 1. The normalized spacial score (nSPS) is 14.2. The van der Waals surface area contributed by atoms with Crippen LogP contribution in [0.2, 0.25) is 0 Å².